The zero-order valence-electron chi connectivity index (χ0n) is 21.8. The van der Waals surface area contributed by atoms with Crippen LogP contribution >= 0.6 is 11.6 Å². The number of morpholine rings is 1. The molecule has 2 aromatic carbocycles. The molecule has 1 amide bonds. The van der Waals surface area contributed by atoms with Crippen molar-refractivity contribution in [2.24, 2.45) is 0 Å². The molecule has 2 fully saturated rings. The number of carbonyl (C=O) groups excluding carboxylic acids is 2. The lowest BCUT2D eigenvalue weighted by Crippen LogP contribution is -2.36. The number of halogens is 1. The van der Waals surface area contributed by atoms with Crippen LogP contribution in [0.25, 0.3) is 0 Å². The summed E-state index contributed by atoms with van der Waals surface area (Å²) in [4.78, 5) is 35.1. The fraction of sp³-hybridized carbons (Fsp3) is 0.333. The molecule has 0 spiro atoms. The average Bonchev–Trinajstić information content (AvgIpc) is 2.99. The number of anilines is 2. The smallest absolute Gasteiger partial charge is 0.257 e. The van der Waals surface area contributed by atoms with Crippen LogP contribution in [0.2, 0.25) is 5.02 Å². The highest BCUT2D eigenvalue weighted by atomic mass is 35.5. The Labute approximate surface area is 233 Å². The molecule has 2 aliphatic heterocycles. The SMILES string of the molecule is N=C(c1ccc(C(=O)Cc2ccc(N3CCOCC3)cc2C(=O)Nc2ccc(Cl)cn2)cc1)N1CCCCC1. The predicted octanol–water partition coefficient (Wildman–Crippen LogP) is 5.06. The molecule has 5 rings (SSSR count). The van der Waals surface area contributed by atoms with Crippen LogP contribution in [-0.2, 0) is 11.2 Å². The number of rotatable bonds is 7. The van der Waals surface area contributed by atoms with Gasteiger partial charge in [0.2, 0.25) is 0 Å². The third kappa shape index (κ3) is 6.64. The second-order valence-electron chi connectivity index (χ2n) is 9.83. The third-order valence-electron chi connectivity index (χ3n) is 7.19. The molecular weight excluding hydrogens is 514 g/mol. The number of nitrogens with one attached hydrogen (secondary N) is 2. The molecule has 8 nitrogen and oxygen atoms in total. The van der Waals surface area contributed by atoms with Gasteiger partial charge in [-0.05, 0) is 49.1 Å². The molecule has 1 aromatic heterocycles. The quantitative estimate of drug-likeness (QED) is 0.245. The van der Waals surface area contributed by atoms with Crippen LogP contribution in [0.4, 0.5) is 11.5 Å². The van der Waals surface area contributed by atoms with Gasteiger partial charge in [0, 0.05) is 61.2 Å². The topological polar surface area (TPSA) is 98.6 Å². The standard InChI is InChI=1S/C30H32ClN5O3/c31-24-9-11-28(33-20-24)34-30(38)26-19-25(35-14-16-39-17-15-35)10-8-23(26)18-27(37)21-4-6-22(7-5-21)29(32)36-12-2-1-3-13-36/h4-11,19-20,32H,1-3,12-18H2,(H,33,34,38). The summed E-state index contributed by atoms with van der Waals surface area (Å²) in [5.74, 6) is 0.448. The lowest BCUT2D eigenvalue weighted by atomic mass is 9.96. The van der Waals surface area contributed by atoms with E-state index < -0.39 is 0 Å². The second-order valence-corrected chi connectivity index (χ2v) is 10.3. The van der Waals surface area contributed by atoms with Gasteiger partial charge in [-0.1, -0.05) is 41.9 Å². The molecule has 2 N–H and O–H groups in total. The highest BCUT2D eigenvalue weighted by Gasteiger charge is 2.20. The van der Waals surface area contributed by atoms with Gasteiger partial charge in [-0.15, -0.1) is 0 Å². The number of ketones is 1. The van der Waals surface area contributed by atoms with E-state index in [0.29, 0.717) is 46.6 Å². The van der Waals surface area contributed by atoms with Crippen LogP contribution in [0.3, 0.4) is 0 Å². The summed E-state index contributed by atoms with van der Waals surface area (Å²) in [7, 11) is 0. The van der Waals surface area contributed by atoms with Crippen LogP contribution in [0.1, 0.15) is 51.1 Å². The van der Waals surface area contributed by atoms with E-state index in [2.05, 4.69) is 20.1 Å². The van der Waals surface area contributed by atoms with Crippen LogP contribution in [-0.4, -0.2) is 66.8 Å². The predicted molar refractivity (Wildman–Crippen MR) is 153 cm³/mol. The van der Waals surface area contributed by atoms with Crippen molar-refractivity contribution >= 4 is 40.6 Å². The summed E-state index contributed by atoms with van der Waals surface area (Å²) in [5, 5.41) is 11.8. The molecule has 0 radical (unpaired) electrons. The van der Waals surface area contributed by atoms with Gasteiger partial charge in [-0.2, -0.15) is 0 Å². The van der Waals surface area contributed by atoms with E-state index in [1.165, 1.54) is 12.6 Å². The van der Waals surface area contributed by atoms with Crippen molar-refractivity contribution in [3.63, 3.8) is 0 Å². The van der Waals surface area contributed by atoms with Gasteiger partial charge in [0.15, 0.2) is 5.78 Å². The third-order valence-corrected chi connectivity index (χ3v) is 7.41. The number of amides is 1. The molecule has 2 aliphatic rings. The number of likely N-dealkylation sites (tertiary alicyclic amines) is 1. The van der Waals surface area contributed by atoms with Crippen molar-refractivity contribution in [2.75, 3.05) is 49.6 Å². The molecule has 0 atom stereocenters. The van der Waals surface area contributed by atoms with Crippen LogP contribution in [0.15, 0.2) is 60.8 Å². The molecule has 202 valence electrons. The van der Waals surface area contributed by atoms with E-state index in [9.17, 15) is 9.59 Å². The van der Waals surface area contributed by atoms with Gasteiger partial charge >= 0.3 is 0 Å². The number of hydrogen-bond donors (Lipinski definition) is 2. The Morgan fingerprint density at radius 2 is 1.64 bits per heavy atom. The normalized spacial score (nSPS) is 15.6. The number of Topliss-reactive ketones (excluding diaryl/α,β-unsaturated/α-hetero) is 1. The first-order valence-electron chi connectivity index (χ1n) is 13.3. The van der Waals surface area contributed by atoms with Gasteiger partial charge in [0.25, 0.3) is 5.91 Å². The Morgan fingerprint density at radius 1 is 0.923 bits per heavy atom. The summed E-state index contributed by atoms with van der Waals surface area (Å²) >= 11 is 5.94. The summed E-state index contributed by atoms with van der Waals surface area (Å²) in [5.41, 5.74) is 3.32. The number of aromatic nitrogens is 1. The summed E-state index contributed by atoms with van der Waals surface area (Å²) in [6.07, 6.45) is 4.96. The van der Waals surface area contributed by atoms with E-state index in [4.69, 9.17) is 21.7 Å². The highest BCUT2D eigenvalue weighted by molar-refractivity contribution is 6.30. The van der Waals surface area contributed by atoms with Crippen molar-refractivity contribution < 1.29 is 14.3 Å². The minimum atomic E-state index is -0.340. The van der Waals surface area contributed by atoms with Gasteiger partial charge in [-0.3, -0.25) is 15.0 Å². The molecule has 3 aromatic rings. The maximum atomic E-state index is 13.4. The van der Waals surface area contributed by atoms with Crippen molar-refractivity contribution in [1.82, 2.24) is 9.88 Å². The first-order valence-corrected chi connectivity index (χ1v) is 13.7. The Morgan fingerprint density at radius 3 is 2.33 bits per heavy atom. The monoisotopic (exact) mass is 545 g/mol. The molecule has 9 heteroatoms. The molecule has 3 heterocycles. The number of pyridine rings is 1. The maximum Gasteiger partial charge on any atom is 0.257 e. The number of benzene rings is 2. The fourth-order valence-corrected chi connectivity index (χ4v) is 5.08. The van der Waals surface area contributed by atoms with Crippen LogP contribution in [0.5, 0.6) is 0 Å². The van der Waals surface area contributed by atoms with Gasteiger partial charge < -0.3 is 19.9 Å². The number of ether oxygens (including phenoxy) is 1. The molecule has 39 heavy (non-hydrogen) atoms. The Kier molecular flexibility index (Phi) is 8.54. The largest absolute Gasteiger partial charge is 0.378 e. The molecule has 0 aliphatic carbocycles. The zero-order valence-corrected chi connectivity index (χ0v) is 22.5. The zero-order chi connectivity index (χ0) is 27.2. The number of amidine groups is 1. The van der Waals surface area contributed by atoms with Gasteiger partial charge in [0.05, 0.1) is 18.2 Å². The molecule has 0 bridgehead atoms. The summed E-state index contributed by atoms with van der Waals surface area (Å²) < 4.78 is 5.47. The van der Waals surface area contributed by atoms with E-state index in [0.717, 1.165) is 50.3 Å². The number of carbonyl (C=O) groups is 2. The maximum absolute atomic E-state index is 13.4. The molecule has 0 saturated carbocycles. The first-order chi connectivity index (χ1) is 19.0. The van der Waals surface area contributed by atoms with Crippen LogP contribution < -0.4 is 10.2 Å². The van der Waals surface area contributed by atoms with Crippen molar-refractivity contribution in [3.05, 3.63) is 88.1 Å². The lowest BCUT2D eigenvalue weighted by molar-refractivity contribution is 0.0992. The fourth-order valence-electron chi connectivity index (χ4n) is 4.97. The van der Waals surface area contributed by atoms with Gasteiger partial charge in [-0.25, -0.2) is 4.98 Å². The minimum Gasteiger partial charge on any atom is -0.378 e. The average molecular weight is 546 g/mol. The van der Waals surface area contributed by atoms with Crippen molar-refractivity contribution in [1.29, 1.82) is 5.41 Å². The summed E-state index contributed by atoms with van der Waals surface area (Å²) in [6, 6.07) is 16.2. The lowest BCUT2D eigenvalue weighted by Gasteiger charge is -2.29. The first kappa shape index (κ1) is 26.8. The van der Waals surface area contributed by atoms with Crippen LogP contribution in [0, 0.1) is 5.41 Å². The second kappa shape index (κ2) is 12.4. The van der Waals surface area contributed by atoms with Crippen molar-refractivity contribution in [2.45, 2.75) is 25.7 Å². The highest BCUT2D eigenvalue weighted by Crippen LogP contribution is 2.24. The Hall–Kier alpha value is -3.75. The minimum absolute atomic E-state index is 0.0725. The van der Waals surface area contributed by atoms with E-state index >= 15 is 0 Å². The molecular formula is C30H32ClN5O3. The van der Waals surface area contributed by atoms with E-state index in [1.807, 2.05) is 30.3 Å². The number of hydrogen-bond acceptors (Lipinski definition) is 6. The molecule has 2 saturated heterocycles. The molecule has 0 unspecified atom stereocenters. The van der Waals surface area contributed by atoms with Crippen molar-refractivity contribution in [3.8, 4) is 0 Å². The Bertz CT molecular complexity index is 1330. The number of piperidine rings is 1. The number of nitrogens with zero attached hydrogens (tertiary/aromatic N) is 3. The summed E-state index contributed by atoms with van der Waals surface area (Å²) in [6.45, 7) is 4.52. The van der Waals surface area contributed by atoms with Gasteiger partial charge in [0.1, 0.15) is 11.7 Å². The Balaban J connectivity index is 1.35. The van der Waals surface area contributed by atoms with E-state index in [1.54, 1.807) is 24.3 Å². The van der Waals surface area contributed by atoms with E-state index in [-0.39, 0.29) is 18.1 Å².